The monoisotopic (exact) mass is 292 g/mol. The molecule has 0 spiro atoms. The predicted molar refractivity (Wildman–Crippen MR) is 66.5 cm³/mol. The standard InChI is InChI=1S/C14H17N2.BrH/c1-15(2)14-8-10-16(11-9-14)12-13-6-4-3-5-7-13;/h3-11H,12H2,1-2H3;1H/q+1;/p-1. The second kappa shape index (κ2) is 6.40. The molecule has 0 aliphatic rings. The van der Waals surface area contributed by atoms with Crippen LogP contribution < -0.4 is 26.4 Å². The average molecular weight is 293 g/mol. The molecule has 1 aromatic carbocycles. The summed E-state index contributed by atoms with van der Waals surface area (Å²) in [4.78, 5) is 2.10. The van der Waals surface area contributed by atoms with Gasteiger partial charge in [-0.05, 0) is 0 Å². The van der Waals surface area contributed by atoms with Crippen molar-refractivity contribution in [1.82, 2.24) is 0 Å². The topological polar surface area (TPSA) is 7.12 Å². The number of anilines is 1. The molecule has 0 radical (unpaired) electrons. The van der Waals surface area contributed by atoms with Crippen LogP contribution in [-0.4, -0.2) is 14.1 Å². The summed E-state index contributed by atoms with van der Waals surface area (Å²) in [5, 5.41) is 0. The highest BCUT2D eigenvalue weighted by atomic mass is 79.9. The molecule has 0 aliphatic heterocycles. The van der Waals surface area contributed by atoms with Crippen LogP contribution in [0.3, 0.4) is 0 Å². The van der Waals surface area contributed by atoms with E-state index in [1.54, 1.807) is 0 Å². The summed E-state index contributed by atoms with van der Waals surface area (Å²) >= 11 is 0. The van der Waals surface area contributed by atoms with Crippen molar-refractivity contribution in [3.05, 3.63) is 60.4 Å². The zero-order valence-electron chi connectivity index (χ0n) is 10.2. The maximum Gasteiger partial charge on any atom is 0.173 e. The highest BCUT2D eigenvalue weighted by molar-refractivity contribution is 5.41. The predicted octanol–water partition coefficient (Wildman–Crippen LogP) is -0.908. The first-order chi connectivity index (χ1) is 7.75. The first-order valence-electron chi connectivity index (χ1n) is 5.46. The van der Waals surface area contributed by atoms with Crippen LogP contribution in [0.4, 0.5) is 5.69 Å². The number of halogens is 1. The molecule has 0 amide bonds. The lowest BCUT2D eigenvalue weighted by molar-refractivity contribution is -0.688. The van der Waals surface area contributed by atoms with E-state index in [4.69, 9.17) is 0 Å². The van der Waals surface area contributed by atoms with Gasteiger partial charge in [0, 0.05) is 37.5 Å². The molecular formula is C14H17BrN2. The first kappa shape index (κ1) is 13.7. The van der Waals surface area contributed by atoms with Crippen LogP contribution in [0.15, 0.2) is 54.9 Å². The second-order valence-electron chi connectivity index (χ2n) is 4.11. The summed E-state index contributed by atoms with van der Waals surface area (Å²) in [6, 6.07) is 14.7. The second-order valence-corrected chi connectivity index (χ2v) is 4.11. The van der Waals surface area contributed by atoms with Crippen LogP contribution in [0.25, 0.3) is 0 Å². The Morgan fingerprint density at radius 1 is 0.941 bits per heavy atom. The fourth-order valence-electron chi connectivity index (χ4n) is 1.65. The summed E-state index contributed by atoms with van der Waals surface area (Å²) in [6.07, 6.45) is 4.23. The molecule has 17 heavy (non-hydrogen) atoms. The van der Waals surface area contributed by atoms with Gasteiger partial charge in [0.15, 0.2) is 18.9 Å². The van der Waals surface area contributed by atoms with E-state index in [2.05, 4.69) is 72.4 Å². The van der Waals surface area contributed by atoms with Gasteiger partial charge < -0.3 is 21.9 Å². The molecule has 2 aromatic rings. The Kier molecular flexibility index (Phi) is 5.16. The maximum absolute atomic E-state index is 2.18. The van der Waals surface area contributed by atoms with Crippen LogP contribution in [0, 0.1) is 0 Å². The fourth-order valence-corrected chi connectivity index (χ4v) is 1.65. The van der Waals surface area contributed by atoms with Gasteiger partial charge in [0.1, 0.15) is 0 Å². The van der Waals surface area contributed by atoms with E-state index < -0.39 is 0 Å². The Labute approximate surface area is 113 Å². The van der Waals surface area contributed by atoms with Crippen LogP contribution in [0.2, 0.25) is 0 Å². The van der Waals surface area contributed by atoms with Crippen molar-refractivity contribution >= 4 is 5.69 Å². The Morgan fingerprint density at radius 3 is 2.06 bits per heavy atom. The summed E-state index contributed by atoms with van der Waals surface area (Å²) in [6.45, 7) is 0.925. The summed E-state index contributed by atoms with van der Waals surface area (Å²) < 4.78 is 2.18. The summed E-state index contributed by atoms with van der Waals surface area (Å²) in [7, 11) is 4.10. The highest BCUT2D eigenvalue weighted by Crippen LogP contribution is 2.06. The van der Waals surface area contributed by atoms with Crippen molar-refractivity contribution in [1.29, 1.82) is 0 Å². The van der Waals surface area contributed by atoms with Crippen molar-refractivity contribution in [3.63, 3.8) is 0 Å². The van der Waals surface area contributed by atoms with Gasteiger partial charge in [-0.25, -0.2) is 4.57 Å². The van der Waals surface area contributed by atoms with Crippen LogP contribution >= 0.6 is 0 Å². The molecule has 0 bridgehead atoms. The van der Waals surface area contributed by atoms with Gasteiger partial charge in [-0.3, -0.25) is 0 Å². The van der Waals surface area contributed by atoms with Crippen molar-refractivity contribution in [2.75, 3.05) is 19.0 Å². The van der Waals surface area contributed by atoms with E-state index in [1.807, 2.05) is 6.07 Å². The zero-order chi connectivity index (χ0) is 11.4. The van der Waals surface area contributed by atoms with Gasteiger partial charge >= 0.3 is 0 Å². The van der Waals surface area contributed by atoms with E-state index in [9.17, 15) is 0 Å². The fraction of sp³-hybridized carbons (Fsp3) is 0.214. The Hall–Kier alpha value is -1.35. The normalized spacial score (nSPS) is 9.53. The lowest BCUT2D eigenvalue weighted by Crippen LogP contribution is -3.00. The third kappa shape index (κ3) is 3.86. The van der Waals surface area contributed by atoms with E-state index in [-0.39, 0.29) is 17.0 Å². The molecular weight excluding hydrogens is 276 g/mol. The number of rotatable bonds is 3. The van der Waals surface area contributed by atoms with Crippen LogP contribution in [-0.2, 0) is 6.54 Å². The van der Waals surface area contributed by atoms with Crippen LogP contribution in [0.5, 0.6) is 0 Å². The average Bonchev–Trinajstić information content (AvgIpc) is 2.31. The third-order valence-electron chi connectivity index (χ3n) is 2.60. The molecule has 3 heteroatoms. The van der Waals surface area contributed by atoms with Gasteiger partial charge in [-0.15, -0.1) is 0 Å². The number of benzene rings is 1. The molecule has 0 saturated heterocycles. The smallest absolute Gasteiger partial charge is 0.173 e. The third-order valence-corrected chi connectivity index (χ3v) is 2.60. The van der Waals surface area contributed by atoms with E-state index >= 15 is 0 Å². The van der Waals surface area contributed by atoms with Gasteiger partial charge in [0.25, 0.3) is 0 Å². The molecule has 0 saturated carbocycles. The molecule has 0 aliphatic carbocycles. The van der Waals surface area contributed by atoms with E-state index in [0.717, 1.165) is 6.54 Å². The van der Waals surface area contributed by atoms with Gasteiger partial charge in [-0.2, -0.15) is 0 Å². The van der Waals surface area contributed by atoms with Crippen LogP contribution in [0.1, 0.15) is 5.56 Å². The number of pyridine rings is 1. The number of nitrogens with zero attached hydrogens (tertiary/aromatic N) is 2. The largest absolute Gasteiger partial charge is 1.00 e. The van der Waals surface area contributed by atoms with Crippen molar-refractivity contribution < 1.29 is 21.5 Å². The minimum atomic E-state index is 0. The molecule has 90 valence electrons. The molecule has 1 aromatic heterocycles. The van der Waals surface area contributed by atoms with Gasteiger partial charge in [0.05, 0.1) is 0 Å². The van der Waals surface area contributed by atoms with Crippen molar-refractivity contribution in [2.24, 2.45) is 0 Å². The Morgan fingerprint density at radius 2 is 1.53 bits per heavy atom. The van der Waals surface area contributed by atoms with E-state index in [0.29, 0.717) is 0 Å². The molecule has 0 atom stereocenters. The minimum Gasteiger partial charge on any atom is -1.00 e. The van der Waals surface area contributed by atoms with Gasteiger partial charge in [-0.1, -0.05) is 30.3 Å². The SMILES string of the molecule is CN(C)c1cc[n+](Cc2ccccc2)cc1.[Br-]. The minimum absolute atomic E-state index is 0. The van der Waals surface area contributed by atoms with Crippen molar-refractivity contribution in [2.45, 2.75) is 6.54 Å². The van der Waals surface area contributed by atoms with E-state index in [1.165, 1.54) is 11.3 Å². The summed E-state index contributed by atoms with van der Waals surface area (Å²) in [5.74, 6) is 0. The molecule has 1 heterocycles. The Bertz CT molecular complexity index is 438. The maximum atomic E-state index is 2.18. The summed E-state index contributed by atoms with van der Waals surface area (Å²) in [5.41, 5.74) is 2.55. The zero-order valence-corrected chi connectivity index (χ0v) is 11.8. The number of hydrogen-bond donors (Lipinski definition) is 0. The van der Waals surface area contributed by atoms with Crippen molar-refractivity contribution in [3.8, 4) is 0 Å². The molecule has 2 nitrogen and oxygen atoms in total. The Balaban J connectivity index is 0.00000144. The lowest BCUT2D eigenvalue weighted by atomic mass is 10.2. The van der Waals surface area contributed by atoms with Gasteiger partial charge in [0.2, 0.25) is 0 Å². The quantitative estimate of drug-likeness (QED) is 0.665. The first-order valence-corrected chi connectivity index (χ1v) is 5.46. The molecule has 0 fully saturated rings. The number of hydrogen-bond acceptors (Lipinski definition) is 1. The highest BCUT2D eigenvalue weighted by Gasteiger charge is 2.02. The number of aromatic nitrogens is 1. The lowest BCUT2D eigenvalue weighted by Gasteiger charge is -2.10. The molecule has 0 unspecified atom stereocenters. The molecule has 0 N–H and O–H groups in total. The molecule has 2 rings (SSSR count).